The standard InChI is InChI=1S/C11H16N2O/c12-11(5-6-11)4-3-9-7-14-10(13-9)8-1-2-8/h7-8H,1-6,12H2. The van der Waals surface area contributed by atoms with Crippen LogP contribution in [0.5, 0.6) is 0 Å². The maximum Gasteiger partial charge on any atom is 0.197 e. The Bertz CT molecular complexity index is 337. The van der Waals surface area contributed by atoms with Gasteiger partial charge in [0.05, 0.1) is 5.69 Å². The molecule has 3 nitrogen and oxygen atoms in total. The second kappa shape index (κ2) is 2.83. The molecule has 14 heavy (non-hydrogen) atoms. The lowest BCUT2D eigenvalue weighted by Gasteiger charge is -2.04. The number of aromatic nitrogens is 1. The number of rotatable bonds is 4. The van der Waals surface area contributed by atoms with Gasteiger partial charge in [-0.2, -0.15) is 0 Å². The third-order valence-electron chi connectivity index (χ3n) is 3.27. The molecular weight excluding hydrogens is 176 g/mol. The summed E-state index contributed by atoms with van der Waals surface area (Å²) in [6.07, 6.45) is 8.71. The molecule has 0 aliphatic heterocycles. The van der Waals surface area contributed by atoms with Crippen molar-refractivity contribution in [3.8, 4) is 0 Å². The third kappa shape index (κ3) is 1.69. The van der Waals surface area contributed by atoms with Crippen LogP contribution in [0.3, 0.4) is 0 Å². The second-order valence-electron chi connectivity index (χ2n) is 4.81. The quantitative estimate of drug-likeness (QED) is 0.793. The van der Waals surface area contributed by atoms with Crippen molar-refractivity contribution in [2.75, 3.05) is 0 Å². The summed E-state index contributed by atoms with van der Waals surface area (Å²) in [7, 11) is 0. The lowest BCUT2D eigenvalue weighted by molar-refractivity contribution is 0.496. The molecule has 0 atom stereocenters. The summed E-state index contributed by atoms with van der Waals surface area (Å²) in [5.41, 5.74) is 7.24. The molecule has 0 radical (unpaired) electrons. The smallest absolute Gasteiger partial charge is 0.197 e. The van der Waals surface area contributed by atoms with Crippen LogP contribution in [0.25, 0.3) is 0 Å². The van der Waals surface area contributed by atoms with E-state index in [1.54, 1.807) is 6.26 Å². The van der Waals surface area contributed by atoms with Crippen LogP contribution in [0.2, 0.25) is 0 Å². The van der Waals surface area contributed by atoms with Crippen molar-refractivity contribution in [2.24, 2.45) is 5.73 Å². The van der Waals surface area contributed by atoms with Crippen molar-refractivity contribution in [3.63, 3.8) is 0 Å². The van der Waals surface area contributed by atoms with E-state index in [2.05, 4.69) is 4.98 Å². The number of oxazole rings is 1. The molecule has 0 spiro atoms. The summed E-state index contributed by atoms with van der Waals surface area (Å²) in [6.45, 7) is 0. The minimum Gasteiger partial charge on any atom is -0.448 e. The number of aryl methyl sites for hydroxylation is 1. The van der Waals surface area contributed by atoms with Crippen LogP contribution in [0, 0.1) is 0 Å². The van der Waals surface area contributed by atoms with Gasteiger partial charge in [-0.3, -0.25) is 0 Å². The van der Waals surface area contributed by atoms with Crippen molar-refractivity contribution in [2.45, 2.75) is 50.0 Å². The molecule has 2 aliphatic carbocycles. The van der Waals surface area contributed by atoms with E-state index in [4.69, 9.17) is 10.2 Å². The van der Waals surface area contributed by atoms with Gasteiger partial charge in [0.25, 0.3) is 0 Å². The molecule has 0 unspecified atom stereocenters. The van der Waals surface area contributed by atoms with E-state index < -0.39 is 0 Å². The highest BCUT2D eigenvalue weighted by molar-refractivity contribution is 5.08. The molecule has 2 saturated carbocycles. The highest BCUT2D eigenvalue weighted by Crippen LogP contribution is 2.40. The van der Waals surface area contributed by atoms with Crippen molar-refractivity contribution in [1.29, 1.82) is 0 Å². The predicted molar refractivity (Wildman–Crippen MR) is 53.0 cm³/mol. The summed E-state index contributed by atoms with van der Waals surface area (Å²) in [6, 6.07) is 0. The van der Waals surface area contributed by atoms with Gasteiger partial charge in [-0.25, -0.2) is 4.98 Å². The van der Waals surface area contributed by atoms with Gasteiger partial charge in [-0.15, -0.1) is 0 Å². The molecule has 1 aromatic rings. The van der Waals surface area contributed by atoms with Crippen LogP contribution >= 0.6 is 0 Å². The van der Waals surface area contributed by atoms with Crippen LogP contribution in [-0.2, 0) is 6.42 Å². The Kier molecular flexibility index (Phi) is 1.71. The van der Waals surface area contributed by atoms with E-state index in [0.717, 1.165) is 24.4 Å². The maximum atomic E-state index is 6.01. The molecule has 1 heterocycles. The molecular formula is C11H16N2O. The Labute approximate surface area is 83.7 Å². The Morgan fingerprint density at radius 2 is 2.29 bits per heavy atom. The van der Waals surface area contributed by atoms with Gasteiger partial charge < -0.3 is 10.2 Å². The largest absolute Gasteiger partial charge is 0.448 e. The molecule has 3 rings (SSSR count). The molecule has 0 bridgehead atoms. The minimum absolute atomic E-state index is 0.138. The first-order chi connectivity index (χ1) is 6.75. The average Bonchev–Trinajstić information content (AvgIpc) is 3.08. The highest BCUT2D eigenvalue weighted by atomic mass is 16.3. The second-order valence-corrected chi connectivity index (χ2v) is 4.81. The van der Waals surface area contributed by atoms with E-state index in [0.29, 0.717) is 5.92 Å². The van der Waals surface area contributed by atoms with E-state index in [1.165, 1.54) is 25.7 Å². The summed E-state index contributed by atoms with van der Waals surface area (Å²) in [5.74, 6) is 1.57. The molecule has 2 fully saturated rings. The Morgan fingerprint density at radius 3 is 2.93 bits per heavy atom. The van der Waals surface area contributed by atoms with Crippen LogP contribution < -0.4 is 5.73 Å². The number of hydrogen-bond acceptors (Lipinski definition) is 3. The third-order valence-corrected chi connectivity index (χ3v) is 3.27. The van der Waals surface area contributed by atoms with E-state index in [1.807, 2.05) is 0 Å². The van der Waals surface area contributed by atoms with Gasteiger partial charge in [-0.05, 0) is 38.5 Å². The van der Waals surface area contributed by atoms with Crippen molar-refractivity contribution >= 4 is 0 Å². The SMILES string of the molecule is NC1(CCc2coc(C3CC3)n2)CC1. The molecule has 2 N–H and O–H groups in total. The monoisotopic (exact) mass is 192 g/mol. The van der Waals surface area contributed by atoms with Crippen LogP contribution in [0.4, 0.5) is 0 Å². The maximum absolute atomic E-state index is 6.01. The zero-order chi connectivity index (χ0) is 9.60. The lowest BCUT2D eigenvalue weighted by atomic mass is 10.1. The molecule has 1 aromatic heterocycles. The average molecular weight is 192 g/mol. The molecule has 3 heteroatoms. The molecule has 76 valence electrons. The Hall–Kier alpha value is -0.830. The van der Waals surface area contributed by atoms with Gasteiger partial charge in [-0.1, -0.05) is 0 Å². The van der Waals surface area contributed by atoms with Crippen LogP contribution in [0.15, 0.2) is 10.7 Å². The molecule has 0 amide bonds. The van der Waals surface area contributed by atoms with Crippen LogP contribution in [-0.4, -0.2) is 10.5 Å². The number of nitrogens with two attached hydrogens (primary N) is 1. The summed E-state index contributed by atoms with van der Waals surface area (Å²) in [4.78, 5) is 4.48. The van der Waals surface area contributed by atoms with Gasteiger partial charge in [0.1, 0.15) is 6.26 Å². The normalized spacial score (nSPS) is 23.8. The first-order valence-corrected chi connectivity index (χ1v) is 5.48. The molecule has 0 saturated heterocycles. The van der Waals surface area contributed by atoms with E-state index in [-0.39, 0.29) is 5.54 Å². The summed E-state index contributed by atoms with van der Waals surface area (Å²) >= 11 is 0. The van der Waals surface area contributed by atoms with Gasteiger partial charge >= 0.3 is 0 Å². The fourth-order valence-corrected chi connectivity index (χ4v) is 1.74. The predicted octanol–water partition coefficient (Wildman–Crippen LogP) is 1.98. The van der Waals surface area contributed by atoms with E-state index in [9.17, 15) is 0 Å². The van der Waals surface area contributed by atoms with Gasteiger partial charge in [0.2, 0.25) is 0 Å². The lowest BCUT2D eigenvalue weighted by Crippen LogP contribution is -2.22. The highest BCUT2D eigenvalue weighted by Gasteiger charge is 2.37. The first-order valence-electron chi connectivity index (χ1n) is 5.48. The van der Waals surface area contributed by atoms with Gasteiger partial charge in [0.15, 0.2) is 5.89 Å². The summed E-state index contributed by atoms with van der Waals surface area (Å²) < 4.78 is 5.42. The van der Waals surface area contributed by atoms with Crippen molar-refractivity contribution < 1.29 is 4.42 Å². The Morgan fingerprint density at radius 1 is 1.50 bits per heavy atom. The number of hydrogen-bond donors (Lipinski definition) is 1. The first kappa shape index (κ1) is 8.48. The fraction of sp³-hybridized carbons (Fsp3) is 0.727. The van der Waals surface area contributed by atoms with Crippen molar-refractivity contribution in [3.05, 3.63) is 17.8 Å². The van der Waals surface area contributed by atoms with Gasteiger partial charge in [0, 0.05) is 11.5 Å². The summed E-state index contributed by atoms with van der Waals surface area (Å²) in [5, 5.41) is 0. The fourth-order valence-electron chi connectivity index (χ4n) is 1.74. The Balaban J connectivity index is 1.59. The van der Waals surface area contributed by atoms with Crippen molar-refractivity contribution in [1.82, 2.24) is 4.98 Å². The molecule has 2 aliphatic rings. The van der Waals surface area contributed by atoms with Crippen LogP contribution in [0.1, 0.15) is 49.6 Å². The minimum atomic E-state index is 0.138. The van der Waals surface area contributed by atoms with E-state index >= 15 is 0 Å². The molecule has 0 aromatic carbocycles. The number of nitrogens with zero attached hydrogens (tertiary/aromatic N) is 1. The zero-order valence-corrected chi connectivity index (χ0v) is 8.33. The topological polar surface area (TPSA) is 52.0 Å². The zero-order valence-electron chi connectivity index (χ0n) is 8.33.